The van der Waals surface area contributed by atoms with Crippen molar-refractivity contribution in [3.05, 3.63) is 207 Å². The van der Waals surface area contributed by atoms with E-state index in [1.54, 1.807) is 6.92 Å². The van der Waals surface area contributed by atoms with E-state index in [1.807, 2.05) is 24.3 Å². The second-order valence-electron chi connectivity index (χ2n) is 13.8. The molecule has 23 heteroatoms. The van der Waals surface area contributed by atoms with Crippen molar-refractivity contribution in [2.45, 2.75) is 21.6 Å². The summed E-state index contributed by atoms with van der Waals surface area (Å²) in [6, 6.07) is 29.0. The molecule has 0 unspecified atom stereocenters. The molecule has 0 atom stereocenters. The number of hydrogen-bond acceptors (Lipinski definition) is 1. The Morgan fingerprint density at radius 1 is 0.299 bits per heavy atom. The highest BCUT2D eigenvalue weighted by molar-refractivity contribution is 7.97. The molecule has 0 aliphatic carbocycles. The summed E-state index contributed by atoms with van der Waals surface area (Å²) in [5.74, 6) is -71.3. The molecular formula is C44H17BF20OS. The fourth-order valence-corrected chi connectivity index (χ4v) is 9.30. The third-order valence-corrected chi connectivity index (χ3v) is 12.4. The monoisotopic (exact) mass is 984 g/mol. The lowest BCUT2D eigenvalue weighted by molar-refractivity contribution is 0.101. The van der Waals surface area contributed by atoms with Crippen LogP contribution in [0.15, 0.2) is 99.6 Å². The van der Waals surface area contributed by atoms with Crippen molar-refractivity contribution < 1.29 is 92.6 Å². The van der Waals surface area contributed by atoms with E-state index >= 15 is 35.1 Å². The van der Waals surface area contributed by atoms with E-state index in [1.165, 1.54) is 14.7 Å². The predicted molar refractivity (Wildman–Crippen MR) is 201 cm³/mol. The van der Waals surface area contributed by atoms with Gasteiger partial charge in [-0.2, -0.15) is 0 Å². The topological polar surface area (TPSA) is 17.1 Å². The van der Waals surface area contributed by atoms with Gasteiger partial charge in [0.25, 0.3) is 0 Å². The number of rotatable bonds is 8. The Morgan fingerprint density at radius 3 is 0.701 bits per heavy atom. The summed E-state index contributed by atoms with van der Waals surface area (Å²) in [7, 11) is -0.147. The van der Waals surface area contributed by atoms with Gasteiger partial charge in [-0.3, -0.25) is 4.79 Å². The highest BCUT2D eigenvalue weighted by Gasteiger charge is 2.52. The number of benzene rings is 7. The van der Waals surface area contributed by atoms with Crippen molar-refractivity contribution in [3.8, 4) is 0 Å². The highest BCUT2D eigenvalue weighted by atomic mass is 32.2. The Kier molecular flexibility index (Phi) is 14.0. The smallest absolute Gasteiger partial charge is 0.200 e. The molecule has 0 N–H and O–H groups in total. The first kappa shape index (κ1) is 49.7. The van der Waals surface area contributed by atoms with Crippen LogP contribution in [-0.4, -0.2) is 11.9 Å². The molecular weight excluding hydrogens is 967 g/mol. The first-order chi connectivity index (χ1) is 31.5. The lowest BCUT2D eigenvalue weighted by atomic mass is 9.12. The summed E-state index contributed by atoms with van der Waals surface area (Å²) in [4.78, 5) is 15.3. The van der Waals surface area contributed by atoms with Crippen LogP contribution in [0.1, 0.15) is 17.3 Å². The summed E-state index contributed by atoms with van der Waals surface area (Å²) in [6.07, 6.45) is -7.22. The maximum Gasteiger partial charge on any atom is 0.200 e. The number of carbonyl (C=O) groups is 1. The van der Waals surface area contributed by atoms with Crippen LogP contribution in [-0.2, 0) is 10.9 Å². The van der Waals surface area contributed by atoms with Crippen molar-refractivity contribution in [2.24, 2.45) is 0 Å². The van der Waals surface area contributed by atoms with Crippen LogP contribution < -0.4 is 21.9 Å². The molecule has 0 radical (unpaired) electrons. The largest absolute Gasteiger partial charge is 0.295 e. The summed E-state index contributed by atoms with van der Waals surface area (Å²) in [5.41, 5.74) is -13.6. The number of ketones is 1. The van der Waals surface area contributed by atoms with Crippen molar-refractivity contribution in [2.75, 3.05) is 0 Å². The zero-order chi connectivity index (χ0) is 49.7. The quantitative estimate of drug-likeness (QED) is 0.0370. The van der Waals surface area contributed by atoms with Crippen molar-refractivity contribution in [3.63, 3.8) is 0 Å². The molecule has 0 bridgehead atoms. The van der Waals surface area contributed by atoms with Crippen LogP contribution in [0.4, 0.5) is 87.8 Å². The summed E-state index contributed by atoms with van der Waals surface area (Å²) in [5, 5.41) is 0. The maximum atomic E-state index is 15.4. The molecule has 0 spiro atoms. The Bertz CT molecular complexity index is 2680. The molecule has 1 nitrogen and oxygen atoms in total. The standard InChI is InChI=1S/C24BF20.C20H17OS/c26-5-1(6(27)14(35)21(42)13(5)34)25(2-7(28)15(36)22(43)16(37)8(2)29,3-9(30)17(38)23(44)18(39)10(3)31)4-11(32)19(40)24(45)20(41)12(4)33;1-16(21)17-12-14-20(15-13-17)22(18-8-4-2-5-9-18)19-10-6-3-7-11-19/h;2-15H,1H3/q-1;+1. The normalized spacial score (nSPS) is 11.6. The van der Waals surface area contributed by atoms with Crippen LogP contribution in [0.2, 0.25) is 0 Å². The van der Waals surface area contributed by atoms with Gasteiger partial charge < -0.3 is 0 Å². The van der Waals surface area contributed by atoms with Gasteiger partial charge in [-0.05, 0) is 55.5 Å². The lowest BCUT2D eigenvalue weighted by Gasteiger charge is -2.44. The maximum absolute atomic E-state index is 15.4. The highest BCUT2D eigenvalue weighted by Crippen LogP contribution is 2.33. The molecule has 0 aliphatic rings. The molecule has 7 rings (SSSR count). The fourth-order valence-electron chi connectivity index (χ4n) is 7.22. The molecule has 67 heavy (non-hydrogen) atoms. The first-order valence-corrected chi connectivity index (χ1v) is 19.4. The second-order valence-corrected chi connectivity index (χ2v) is 15.8. The van der Waals surface area contributed by atoms with E-state index in [9.17, 15) is 57.5 Å². The third-order valence-electron chi connectivity index (χ3n) is 10.2. The zero-order valence-corrected chi connectivity index (χ0v) is 33.4. The van der Waals surface area contributed by atoms with Gasteiger partial charge in [-0.25, -0.2) is 87.8 Å². The first-order valence-electron chi connectivity index (χ1n) is 18.1. The molecule has 0 fully saturated rings. The Labute approximate surface area is 365 Å². The Balaban J connectivity index is 0.000000279. The molecule has 0 amide bonds. The predicted octanol–water partition coefficient (Wildman–Crippen LogP) is 10.8. The fraction of sp³-hybridized carbons (Fsp3) is 0.0227. The van der Waals surface area contributed by atoms with Gasteiger partial charge in [-0.15, -0.1) is 21.9 Å². The van der Waals surface area contributed by atoms with E-state index < -0.39 is 144 Å². The van der Waals surface area contributed by atoms with Crippen LogP contribution in [0, 0.1) is 116 Å². The van der Waals surface area contributed by atoms with Crippen molar-refractivity contribution in [1.29, 1.82) is 0 Å². The van der Waals surface area contributed by atoms with E-state index in [2.05, 4.69) is 60.7 Å². The molecule has 7 aromatic rings. The Hall–Kier alpha value is -6.78. The average Bonchev–Trinajstić information content (AvgIpc) is 3.32. The minimum absolute atomic E-state index is 0.103. The minimum atomic E-state index is -7.22. The van der Waals surface area contributed by atoms with Gasteiger partial charge >= 0.3 is 0 Å². The van der Waals surface area contributed by atoms with Gasteiger partial charge in [-0.1, -0.05) is 36.4 Å². The molecule has 0 saturated heterocycles. The van der Waals surface area contributed by atoms with E-state index in [0.717, 1.165) is 5.56 Å². The molecule has 0 saturated carbocycles. The molecule has 0 aliphatic heterocycles. The number of halogens is 20. The summed E-state index contributed by atoms with van der Waals surface area (Å²) in [6.45, 7) is 1.60. The molecule has 0 aromatic heterocycles. The SMILES string of the molecule is CC(=O)c1ccc([S+](c2ccccc2)c2ccccc2)cc1.Fc1c(F)c(F)c([B-](c2c(F)c(F)c(F)c(F)c2F)(c2c(F)c(F)c(F)c(F)c2F)c2c(F)c(F)c(F)c(F)c2F)c(F)c1F. The summed E-state index contributed by atoms with van der Waals surface area (Å²) >= 11 is 0. The van der Waals surface area contributed by atoms with Crippen LogP contribution in [0.5, 0.6) is 0 Å². The Morgan fingerprint density at radius 2 is 0.493 bits per heavy atom. The van der Waals surface area contributed by atoms with Gasteiger partial charge in [0.05, 0.1) is 10.9 Å². The van der Waals surface area contributed by atoms with Crippen LogP contribution >= 0.6 is 0 Å². The average molecular weight is 984 g/mol. The van der Waals surface area contributed by atoms with Crippen LogP contribution in [0.25, 0.3) is 0 Å². The second kappa shape index (κ2) is 18.8. The number of Topliss-reactive ketones (excluding diaryl/α,β-unsaturated/α-hetero) is 1. The minimum Gasteiger partial charge on any atom is -0.295 e. The molecule has 7 aromatic carbocycles. The summed E-state index contributed by atoms with van der Waals surface area (Å²) < 4.78 is 294. The molecule has 348 valence electrons. The van der Waals surface area contributed by atoms with E-state index in [-0.39, 0.29) is 16.7 Å². The van der Waals surface area contributed by atoms with E-state index in [0.29, 0.717) is 0 Å². The lowest BCUT2D eigenvalue weighted by Crippen LogP contribution is -2.81. The van der Waals surface area contributed by atoms with Gasteiger partial charge in [0, 0.05) is 5.56 Å². The third kappa shape index (κ3) is 8.05. The van der Waals surface area contributed by atoms with E-state index in [4.69, 9.17) is 0 Å². The van der Waals surface area contributed by atoms with Crippen molar-refractivity contribution >= 4 is 44.7 Å². The number of carbonyl (C=O) groups excluding carboxylic acids is 1. The van der Waals surface area contributed by atoms with Gasteiger partial charge in [0.2, 0.25) is 0 Å². The van der Waals surface area contributed by atoms with Crippen LogP contribution in [0.3, 0.4) is 0 Å². The van der Waals surface area contributed by atoms with Gasteiger partial charge in [0.15, 0.2) is 90.3 Å². The van der Waals surface area contributed by atoms with Gasteiger partial charge in [0.1, 0.15) is 52.7 Å². The van der Waals surface area contributed by atoms with Crippen molar-refractivity contribution in [1.82, 2.24) is 0 Å². The number of hydrogen-bond donors (Lipinski definition) is 0. The molecule has 0 heterocycles. The zero-order valence-electron chi connectivity index (χ0n) is 32.5.